The molecule has 0 aliphatic rings. The van der Waals surface area contributed by atoms with E-state index in [1.54, 1.807) is 0 Å². The first-order chi connectivity index (χ1) is 28.9. The Kier molecular flexibility index (Phi) is 8.07. The van der Waals surface area contributed by atoms with Crippen molar-refractivity contribution in [2.45, 2.75) is 105 Å². The molecule has 0 saturated carbocycles. The van der Waals surface area contributed by atoms with Crippen molar-refractivity contribution in [3.05, 3.63) is 160 Å². The fourth-order valence-corrected chi connectivity index (χ4v) is 9.57. The average Bonchev–Trinajstić information content (AvgIpc) is 3.21. The van der Waals surface area contributed by atoms with Gasteiger partial charge in [-0.15, -0.1) is 0 Å². The molecule has 0 atom stereocenters. The van der Waals surface area contributed by atoms with Crippen LogP contribution in [0.3, 0.4) is 0 Å². The lowest BCUT2D eigenvalue weighted by molar-refractivity contribution is 0.590. The Bertz CT molecular complexity index is 3610. The summed E-state index contributed by atoms with van der Waals surface area (Å²) in [5.41, 5.74) is 8.35. The lowest BCUT2D eigenvalue weighted by Crippen LogP contribution is -2.19. The molecular formula is C56H52N2O4. The predicted molar refractivity (Wildman–Crippen MR) is 261 cm³/mol. The molecule has 10 aromatic rings. The van der Waals surface area contributed by atoms with E-state index in [4.69, 9.17) is 0 Å². The van der Waals surface area contributed by atoms with Gasteiger partial charge in [0.2, 0.25) is 0 Å². The summed E-state index contributed by atoms with van der Waals surface area (Å²) in [7, 11) is 0. The number of aromatic nitrogens is 2. The lowest BCUT2D eigenvalue weighted by atomic mass is 9.84. The van der Waals surface area contributed by atoms with Crippen LogP contribution in [0.25, 0.3) is 87.3 Å². The first-order valence-corrected chi connectivity index (χ1v) is 21.7. The van der Waals surface area contributed by atoms with E-state index in [9.17, 15) is 19.2 Å². The molecule has 6 nitrogen and oxygen atoms in total. The second-order valence-corrected chi connectivity index (χ2v) is 21.8. The van der Waals surface area contributed by atoms with Crippen LogP contribution in [-0.2, 0) is 21.7 Å². The van der Waals surface area contributed by atoms with Gasteiger partial charge in [0.25, 0.3) is 0 Å². The first-order valence-electron chi connectivity index (χ1n) is 21.7. The van der Waals surface area contributed by atoms with Gasteiger partial charge in [0.05, 0.1) is 33.1 Å². The van der Waals surface area contributed by atoms with Gasteiger partial charge < -0.3 is 8.80 Å². The van der Waals surface area contributed by atoms with Crippen molar-refractivity contribution >= 4 is 76.2 Å². The van der Waals surface area contributed by atoms with Crippen LogP contribution in [0.5, 0.6) is 0 Å². The Hall–Kier alpha value is -6.40. The van der Waals surface area contributed by atoms with Gasteiger partial charge in [0.15, 0.2) is 21.7 Å². The van der Waals surface area contributed by atoms with E-state index in [0.717, 1.165) is 44.4 Å². The maximum absolute atomic E-state index is 14.9. The van der Waals surface area contributed by atoms with Crippen molar-refractivity contribution in [1.82, 2.24) is 8.80 Å². The van der Waals surface area contributed by atoms with Crippen LogP contribution in [0, 0.1) is 0 Å². The molecule has 10 rings (SSSR count). The number of fused-ring (bicyclic) bond motifs is 8. The summed E-state index contributed by atoms with van der Waals surface area (Å²) >= 11 is 0. The zero-order valence-electron chi connectivity index (χ0n) is 37.8. The summed E-state index contributed by atoms with van der Waals surface area (Å²) in [6, 6.07) is 31.9. The predicted octanol–water partition coefficient (Wildman–Crippen LogP) is 12.3. The van der Waals surface area contributed by atoms with E-state index in [2.05, 4.69) is 104 Å². The molecule has 4 heterocycles. The van der Waals surface area contributed by atoms with Crippen LogP contribution >= 0.6 is 0 Å². The third kappa shape index (κ3) is 5.68. The van der Waals surface area contributed by atoms with Gasteiger partial charge in [-0.3, -0.25) is 19.2 Å². The van der Waals surface area contributed by atoms with Gasteiger partial charge in [0, 0.05) is 43.1 Å². The zero-order chi connectivity index (χ0) is 44.3. The van der Waals surface area contributed by atoms with Gasteiger partial charge in [-0.05, 0) is 128 Å². The molecule has 4 aromatic heterocycles. The SMILES string of the molecule is CC(C)(C)c1ccc2c(c1)c(=O)c1cc(C(C)(C)C)cc3c(=O)c4cc(-c5ccc6c(c5)c(=O)c5cc(C(C)(C)C)cc7c(=O)c8cc(C(C)(C)C)ccc8n6c57)ccc4n2c31. The molecule has 0 fully saturated rings. The summed E-state index contributed by atoms with van der Waals surface area (Å²) in [6.45, 7) is 25.5. The minimum Gasteiger partial charge on any atom is -0.308 e. The number of hydrogen-bond donors (Lipinski definition) is 0. The standard InChI is InChI=1S/C56H52N2O4/c1-53(2,3)31-15-19-45-37(23-31)51(61)41-27-33(55(7,8)9)25-39-47(41)57(45)43-17-13-29(21-35(43)49(39)59)30-14-18-44-36(22-30)50(60)40-26-34(56(10,11)12)28-42-48(40)58(44)46-20-16-32(54(4,5)6)24-38(46)52(42)62/h13-28H,1-12H3. The molecule has 0 unspecified atom stereocenters. The third-order valence-electron chi connectivity index (χ3n) is 13.4. The molecular weight excluding hydrogens is 765 g/mol. The molecule has 6 heteroatoms. The zero-order valence-corrected chi connectivity index (χ0v) is 37.8. The molecule has 0 amide bonds. The second kappa shape index (κ2) is 12.6. The van der Waals surface area contributed by atoms with E-state index in [1.165, 1.54) is 0 Å². The number of rotatable bonds is 1. The molecule has 0 bridgehead atoms. The monoisotopic (exact) mass is 816 g/mol. The molecule has 0 radical (unpaired) electrons. The number of nitrogens with zero attached hydrogens (tertiary/aromatic N) is 2. The fraction of sp³-hybridized carbons (Fsp3) is 0.286. The number of hydrogen-bond acceptors (Lipinski definition) is 4. The summed E-state index contributed by atoms with van der Waals surface area (Å²) < 4.78 is 4.19. The highest BCUT2D eigenvalue weighted by molar-refractivity contribution is 6.10. The largest absolute Gasteiger partial charge is 0.308 e. The maximum Gasteiger partial charge on any atom is 0.197 e. The van der Waals surface area contributed by atoms with Crippen LogP contribution in [0.4, 0.5) is 0 Å². The van der Waals surface area contributed by atoms with Gasteiger partial charge in [-0.25, -0.2) is 0 Å². The van der Waals surface area contributed by atoms with Crippen molar-refractivity contribution in [1.29, 1.82) is 0 Å². The van der Waals surface area contributed by atoms with Crippen molar-refractivity contribution in [2.75, 3.05) is 0 Å². The first kappa shape index (κ1) is 39.7. The Balaban J connectivity index is 1.30. The summed E-state index contributed by atoms with van der Waals surface area (Å²) in [6.07, 6.45) is 0. The van der Waals surface area contributed by atoms with Crippen LogP contribution in [0.15, 0.2) is 116 Å². The maximum atomic E-state index is 14.9. The van der Waals surface area contributed by atoms with Crippen LogP contribution in [0.2, 0.25) is 0 Å². The highest BCUT2D eigenvalue weighted by atomic mass is 16.1. The minimum absolute atomic E-state index is 0.0741. The third-order valence-corrected chi connectivity index (χ3v) is 13.4. The van der Waals surface area contributed by atoms with E-state index >= 15 is 0 Å². The summed E-state index contributed by atoms with van der Waals surface area (Å²) in [4.78, 5) is 58.7. The number of pyridine rings is 4. The Morgan fingerprint density at radius 3 is 0.806 bits per heavy atom. The van der Waals surface area contributed by atoms with Crippen LogP contribution in [0.1, 0.15) is 105 Å². The summed E-state index contributed by atoms with van der Waals surface area (Å²) in [5.74, 6) is 0. The molecule has 0 saturated heterocycles. The molecule has 6 aromatic carbocycles. The van der Waals surface area contributed by atoms with Crippen molar-refractivity contribution in [3.63, 3.8) is 0 Å². The second-order valence-electron chi connectivity index (χ2n) is 21.8. The minimum atomic E-state index is -0.313. The van der Waals surface area contributed by atoms with Crippen molar-refractivity contribution in [2.24, 2.45) is 0 Å². The number of benzene rings is 6. The summed E-state index contributed by atoms with van der Waals surface area (Å²) in [5, 5.41) is 4.38. The topological polar surface area (TPSA) is 77.1 Å². The molecule has 0 aliphatic carbocycles. The van der Waals surface area contributed by atoms with E-state index in [-0.39, 0.29) is 43.4 Å². The van der Waals surface area contributed by atoms with Crippen LogP contribution in [-0.4, -0.2) is 8.80 Å². The normalized spacial score (nSPS) is 13.4. The van der Waals surface area contributed by atoms with Gasteiger partial charge >= 0.3 is 0 Å². The van der Waals surface area contributed by atoms with Crippen molar-refractivity contribution in [3.8, 4) is 11.1 Å². The Morgan fingerprint density at radius 1 is 0.290 bits per heavy atom. The molecule has 62 heavy (non-hydrogen) atoms. The highest BCUT2D eigenvalue weighted by Gasteiger charge is 2.26. The van der Waals surface area contributed by atoms with E-state index < -0.39 is 0 Å². The van der Waals surface area contributed by atoms with Crippen LogP contribution < -0.4 is 21.7 Å². The highest BCUT2D eigenvalue weighted by Crippen LogP contribution is 2.37. The lowest BCUT2D eigenvalue weighted by Gasteiger charge is -2.23. The quantitative estimate of drug-likeness (QED) is 0.122. The van der Waals surface area contributed by atoms with Gasteiger partial charge in [-0.2, -0.15) is 0 Å². The Labute approximate surface area is 359 Å². The molecule has 310 valence electrons. The molecule has 0 spiro atoms. The van der Waals surface area contributed by atoms with E-state index in [0.29, 0.717) is 65.2 Å². The molecule has 0 aliphatic heterocycles. The van der Waals surface area contributed by atoms with Gasteiger partial charge in [0.1, 0.15) is 0 Å². The average molecular weight is 817 g/mol. The Morgan fingerprint density at radius 2 is 0.532 bits per heavy atom. The van der Waals surface area contributed by atoms with Crippen molar-refractivity contribution < 1.29 is 0 Å². The van der Waals surface area contributed by atoms with E-state index in [1.807, 2.05) is 84.9 Å². The van der Waals surface area contributed by atoms with Gasteiger partial charge in [-0.1, -0.05) is 107 Å². The fourth-order valence-electron chi connectivity index (χ4n) is 9.57. The molecule has 0 N–H and O–H groups in total. The smallest absolute Gasteiger partial charge is 0.197 e.